The fourth-order valence-electron chi connectivity index (χ4n) is 2.02. The summed E-state index contributed by atoms with van der Waals surface area (Å²) in [6, 6.07) is -0.178. The third-order valence-corrected chi connectivity index (χ3v) is 3.00. The predicted molar refractivity (Wildman–Crippen MR) is 63.9 cm³/mol. The van der Waals surface area contributed by atoms with Gasteiger partial charge in [0.2, 0.25) is 0 Å². The van der Waals surface area contributed by atoms with Crippen LogP contribution in [0.5, 0.6) is 0 Å². The molecule has 17 heavy (non-hydrogen) atoms. The normalized spacial score (nSPS) is 20.9. The smallest absolute Gasteiger partial charge is 0.323 e. The zero-order valence-corrected chi connectivity index (χ0v) is 10.5. The van der Waals surface area contributed by atoms with Gasteiger partial charge in [0.1, 0.15) is 6.54 Å². The molecule has 0 aromatic heterocycles. The Balaban J connectivity index is 2.37. The highest BCUT2D eigenvalue weighted by Crippen LogP contribution is 2.09. The molecule has 1 aliphatic heterocycles. The van der Waals surface area contributed by atoms with Crippen molar-refractivity contribution in [3.63, 3.8) is 0 Å². The van der Waals surface area contributed by atoms with Crippen molar-refractivity contribution in [3.8, 4) is 0 Å². The first kappa shape index (κ1) is 13.8. The van der Waals surface area contributed by atoms with E-state index in [2.05, 4.69) is 17.1 Å². The van der Waals surface area contributed by atoms with Gasteiger partial charge in [0.15, 0.2) is 0 Å². The van der Waals surface area contributed by atoms with Gasteiger partial charge in [-0.2, -0.15) is 0 Å². The summed E-state index contributed by atoms with van der Waals surface area (Å²) in [4.78, 5) is 25.6. The minimum atomic E-state index is -0.999. The van der Waals surface area contributed by atoms with E-state index in [4.69, 9.17) is 5.11 Å². The molecule has 1 unspecified atom stereocenters. The number of hydrogen-bond acceptors (Lipinski definition) is 3. The number of piperidine rings is 1. The molecule has 1 heterocycles. The van der Waals surface area contributed by atoms with Crippen LogP contribution in [0.25, 0.3) is 0 Å². The van der Waals surface area contributed by atoms with Crippen LogP contribution < -0.4 is 5.32 Å². The third-order valence-electron chi connectivity index (χ3n) is 3.00. The molecule has 0 aromatic rings. The maximum Gasteiger partial charge on any atom is 0.323 e. The lowest BCUT2D eigenvalue weighted by atomic mass is 10.1. The van der Waals surface area contributed by atoms with Crippen LogP contribution in [0.15, 0.2) is 0 Å². The number of urea groups is 1. The fourth-order valence-corrected chi connectivity index (χ4v) is 2.02. The van der Waals surface area contributed by atoms with E-state index >= 15 is 0 Å². The molecule has 0 aromatic carbocycles. The molecular formula is C11H21N3O3. The molecule has 98 valence electrons. The summed E-state index contributed by atoms with van der Waals surface area (Å²) in [6.45, 7) is 4.74. The topological polar surface area (TPSA) is 72.9 Å². The number of aliphatic carboxylic acids is 1. The summed E-state index contributed by atoms with van der Waals surface area (Å²) < 4.78 is 0. The Morgan fingerprint density at radius 2 is 2.24 bits per heavy atom. The number of likely N-dealkylation sites (N-methyl/N-ethyl adjacent to an activating group) is 2. The minimum absolute atomic E-state index is 0.132. The van der Waals surface area contributed by atoms with Crippen LogP contribution in [-0.4, -0.2) is 66.2 Å². The highest BCUT2D eigenvalue weighted by Gasteiger charge is 2.22. The largest absolute Gasteiger partial charge is 0.480 e. The number of hydrogen-bond donors (Lipinski definition) is 2. The van der Waals surface area contributed by atoms with E-state index < -0.39 is 5.97 Å². The molecule has 1 atom stereocenters. The molecule has 1 saturated heterocycles. The Kier molecular flexibility index (Phi) is 5.21. The zero-order chi connectivity index (χ0) is 12.8. The number of nitrogens with one attached hydrogen (secondary N) is 1. The van der Waals surface area contributed by atoms with E-state index in [1.165, 1.54) is 11.9 Å². The molecule has 6 nitrogen and oxygen atoms in total. The lowest BCUT2D eigenvalue weighted by Gasteiger charge is -2.33. The predicted octanol–water partition coefficient (Wildman–Crippen LogP) is 0.197. The molecule has 6 heteroatoms. The summed E-state index contributed by atoms with van der Waals surface area (Å²) in [5, 5.41) is 11.5. The van der Waals surface area contributed by atoms with Gasteiger partial charge < -0.3 is 20.2 Å². The van der Waals surface area contributed by atoms with Gasteiger partial charge in [-0.3, -0.25) is 4.79 Å². The van der Waals surface area contributed by atoms with Crippen molar-refractivity contribution in [1.82, 2.24) is 15.1 Å². The lowest BCUT2D eigenvalue weighted by molar-refractivity contribution is -0.137. The molecular weight excluding hydrogens is 222 g/mol. The lowest BCUT2D eigenvalue weighted by Crippen LogP contribution is -2.51. The standard InChI is InChI=1S/C11H21N3O3/c1-3-14-6-4-5-9(7-14)12-11(17)13(2)8-10(15)16/h9H,3-8H2,1-2H3,(H,12,17)(H,15,16). The molecule has 0 aliphatic carbocycles. The highest BCUT2D eigenvalue weighted by molar-refractivity contribution is 5.79. The van der Waals surface area contributed by atoms with Crippen molar-refractivity contribution in [2.75, 3.05) is 33.2 Å². The Labute approximate surface area is 102 Å². The molecule has 0 saturated carbocycles. The Hall–Kier alpha value is -1.30. The molecule has 1 aliphatic rings. The quantitative estimate of drug-likeness (QED) is 0.739. The molecule has 0 radical (unpaired) electrons. The first-order valence-corrected chi connectivity index (χ1v) is 5.98. The number of rotatable bonds is 4. The second-order valence-electron chi connectivity index (χ2n) is 4.43. The Morgan fingerprint density at radius 3 is 2.82 bits per heavy atom. The number of nitrogens with zero attached hydrogens (tertiary/aromatic N) is 2. The van der Waals surface area contributed by atoms with Gasteiger partial charge in [-0.25, -0.2) is 4.79 Å². The average Bonchev–Trinajstić information content (AvgIpc) is 2.28. The van der Waals surface area contributed by atoms with Crippen LogP contribution in [0.1, 0.15) is 19.8 Å². The van der Waals surface area contributed by atoms with Gasteiger partial charge >= 0.3 is 12.0 Å². The van der Waals surface area contributed by atoms with Crippen molar-refractivity contribution < 1.29 is 14.7 Å². The van der Waals surface area contributed by atoms with E-state index in [0.29, 0.717) is 0 Å². The number of amides is 2. The van der Waals surface area contributed by atoms with Crippen molar-refractivity contribution >= 4 is 12.0 Å². The second kappa shape index (κ2) is 6.44. The maximum atomic E-state index is 11.7. The van der Waals surface area contributed by atoms with Gasteiger partial charge in [-0.15, -0.1) is 0 Å². The van der Waals surface area contributed by atoms with Gasteiger partial charge in [0.05, 0.1) is 0 Å². The zero-order valence-electron chi connectivity index (χ0n) is 10.5. The Bertz CT molecular complexity index is 283. The van der Waals surface area contributed by atoms with Gasteiger partial charge in [0, 0.05) is 19.6 Å². The van der Waals surface area contributed by atoms with Crippen molar-refractivity contribution in [2.45, 2.75) is 25.8 Å². The van der Waals surface area contributed by atoms with Crippen molar-refractivity contribution in [2.24, 2.45) is 0 Å². The number of carboxylic acids is 1. The number of likely N-dealkylation sites (tertiary alicyclic amines) is 1. The Morgan fingerprint density at radius 1 is 1.53 bits per heavy atom. The summed E-state index contributed by atoms with van der Waals surface area (Å²) >= 11 is 0. The summed E-state index contributed by atoms with van der Waals surface area (Å²) in [6.07, 6.45) is 2.03. The summed E-state index contributed by atoms with van der Waals surface area (Å²) in [7, 11) is 1.49. The van der Waals surface area contributed by atoms with Crippen LogP contribution in [0.3, 0.4) is 0 Å². The summed E-state index contributed by atoms with van der Waals surface area (Å²) in [5.74, 6) is -0.999. The molecule has 0 bridgehead atoms. The highest BCUT2D eigenvalue weighted by atomic mass is 16.4. The van der Waals surface area contributed by atoms with E-state index in [1.807, 2.05) is 0 Å². The minimum Gasteiger partial charge on any atom is -0.480 e. The van der Waals surface area contributed by atoms with E-state index in [0.717, 1.165) is 32.5 Å². The molecule has 1 rings (SSSR count). The number of carbonyl (C=O) groups is 2. The van der Waals surface area contributed by atoms with Crippen LogP contribution in [0.2, 0.25) is 0 Å². The number of carboxylic acid groups (broad SMARTS) is 1. The first-order chi connectivity index (χ1) is 8.02. The molecule has 2 N–H and O–H groups in total. The number of carbonyl (C=O) groups excluding carboxylic acids is 1. The second-order valence-corrected chi connectivity index (χ2v) is 4.43. The molecule has 2 amide bonds. The van der Waals surface area contributed by atoms with Crippen molar-refractivity contribution in [3.05, 3.63) is 0 Å². The summed E-state index contributed by atoms with van der Waals surface area (Å²) in [5.41, 5.74) is 0. The van der Waals surface area contributed by atoms with E-state index in [1.54, 1.807) is 0 Å². The van der Waals surface area contributed by atoms with E-state index in [9.17, 15) is 9.59 Å². The fraction of sp³-hybridized carbons (Fsp3) is 0.818. The van der Waals surface area contributed by atoms with Crippen LogP contribution in [0, 0.1) is 0 Å². The van der Waals surface area contributed by atoms with Gasteiger partial charge in [0.25, 0.3) is 0 Å². The monoisotopic (exact) mass is 243 g/mol. The van der Waals surface area contributed by atoms with Crippen LogP contribution in [-0.2, 0) is 4.79 Å². The van der Waals surface area contributed by atoms with Crippen LogP contribution >= 0.6 is 0 Å². The van der Waals surface area contributed by atoms with Gasteiger partial charge in [-0.05, 0) is 25.9 Å². The average molecular weight is 243 g/mol. The third kappa shape index (κ3) is 4.60. The SMILES string of the molecule is CCN1CCCC(NC(=O)N(C)CC(=O)O)C1. The van der Waals surface area contributed by atoms with E-state index in [-0.39, 0.29) is 18.6 Å². The molecule has 1 fully saturated rings. The van der Waals surface area contributed by atoms with Crippen molar-refractivity contribution in [1.29, 1.82) is 0 Å². The van der Waals surface area contributed by atoms with Gasteiger partial charge in [-0.1, -0.05) is 6.92 Å². The first-order valence-electron chi connectivity index (χ1n) is 5.98. The molecule has 0 spiro atoms. The van der Waals surface area contributed by atoms with Crippen LogP contribution in [0.4, 0.5) is 4.79 Å². The maximum absolute atomic E-state index is 11.7.